The van der Waals surface area contributed by atoms with Crippen molar-refractivity contribution in [2.45, 2.75) is 39.3 Å². The lowest BCUT2D eigenvalue weighted by molar-refractivity contribution is 0.0236. The smallest absolute Gasteiger partial charge is 0.410 e. The van der Waals surface area contributed by atoms with Gasteiger partial charge in [-0.3, -0.25) is 0 Å². The average molecular weight is 509 g/mol. The topological polar surface area (TPSA) is 50.8 Å². The Morgan fingerprint density at radius 1 is 0.789 bits per heavy atom. The molecule has 0 saturated carbocycles. The van der Waals surface area contributed by atoms with Crippen molar-refractivity contribution < 1.29 is 14.3 Å². The monoisotopic (exact) mass is 508 g/mol. The lowest BCUT2D eigenvalue weighted by Crippen LogP contribution is -2.37. The number of hydrogen-bond acceptors (Lipinski definition) is 4. The SMILES string of the molecule is COc1ccc(Nc2ccc(CCN(Cc3ccccc3)C(=O)OC(C)(C)C)cc2)cc1-c1ccccc1. The van der Waals surface area contributed by atoms with Crippen LogP contribution in [0.25, 0.3) is 11.1 Å². The normalized spacial score (nSPS) is 11.1. The van der Waals surface area contributed by atoms with E-state index in [9.17, 15) is 4.79 Å². The first-order chi connectivity index (χ1) is 18.3. The van der Waals surface area contributed by atoms with E-state index in [0.29, 0.717) is 13.1 Å². The molecule has 1 amide bonds. The standard InChI is InChI=1S/C33H36N2O3/c1-33(2,3)38-32(36)35(24-26-11-7-5-8-12-26)22-21-25-15-17-28(18-16-25)34-29-19-20-31(37-4)30(23-29)27-13-9-6-10-14-27/h5-20,23,34H,21-22,24H2,1-4H3. The van der Waals surface area contributed by atoms with Gasteiger partial charge >= 0.3 is 6.09 Å². The van der Waals surface area contributed by atoms with Crippen LogP contribution < -0.4 is 10.1 Å². The number of carbonyl (C=O) groups excluding carboxylic acids is 1. The molecular formula is C33H36N2O3. The number of nitrogens with zero attached hydrogens (tertiary/aromatic N) is 1. The Morgan fingerprint density at radius 2 is 1.42 bits per heavy atom. The van der Waals surface area contributed by atoms with Gasteiger partial charge in [0.1, 0.15) is 11.4 Å². The second-order valence-corrected chi connectivity index (χ2v) is 10.2. The minimum Gasteiger partial charge on any atom is -0.496 e. The van der Waals surface area contributed by atoms with Gasteiger partial charge in [-0.1, -0.05) is 72.8 Å². The molecule has 4 rings (SSSR count). The summed E-state index contributed by atoms with van der Waals surface area (Å²) in [4.78, 5) is 14.7. The molecule has 0 unspecified atom stereocenters. The van der Waals surface area contributed by atoms with Crippen molar-refractivity contribution >= 4 is 17.5 Å². The first-order valence-electron chi connectivity index (χ1n) is 12.9. The maximum atomic E-state index is 12.9. The van der Waals surface area contributed by atoms with Crippen LogP contribution in [-0.4, -0.2) is 30.2 Å². The van der Waals surface area contributed by atoms with Gasteiger partial charge in [0.2, 0.25) is 0 Å². The van der Waals surface area contributed by atoms with Crippen LogP contribution >= 0.6 is 0 Å². The van der Waals surface area contributed by atoms with Crippen molar-refractivity contribution in [3.63, 3.8) is 0 Å². The number of ether oxygens (including phenoxy) is 2. The fraction of sp³-hybridized carbons (Fsp3) is 0.242. The van der Waals surface area contributed by atoms with Crippen molar-refractivity contribution in [2.75, 3.05) is 19.0 Å². The third kappa shape index (κ3) is 7.62. The van der Waals surface area contributed by atoms with E-state index >= 15 is 0 Å². The molecule has 0 heterocycles. The van der Waals surface area contributed by atoms with Crippen LogP contribution in [0.3, 0.4) is 0 Å². The molecule has 0 aliphatic rings. The summed E-state index contributed by atoms with van der Waals surface area (Å²) >= 11 is 0. The van der Waals surface area contributed by atoms with Gasteiger partial charge < -0.3 is 19.7 Å². The fourth-order valence-electron chi connectivity index (χ4n) is 4.18. The summed E-state index contributed by atoms with van der Waals surface area (Å²) in [6.07, 6.45) is 0.431. The molecule has 0 bridgehead atoms. The Balaban J connectivity index is 1.42. The second kappa shape index (κ2) is 12.3. The first kappa shape index (κ1) is 26.8. The van der Waals surface area contributed by atoms with Crippen LogP contribution in [0.2, 0.25) is 0 Å². The third-order valence-electron chi connectivity index (χ3n) is 6.07. The molecule has 0 aromatic heterocycles. The molecule has 196 valence electrons. The number of anilines is 2. The highest BCUT2D eigenvalue weighted by molar-refractivity contribution is 5.76. The van der Waals surface area contributed by atoms with E-state index in [1.807, 2.05) is 81.4 Å². The average Bonchev–Trinajstić information content (AvgIpc) is 2.92. The molecule has 0 fully saturated rings. The molecular weight excluding hydrogens is 472 g/mol. The number of benzene rings is 4. The summed E-state index contributed by atoms with van der Waals surface area (Å²) in [5.74, 6) is 0.835. The van der Waals surface area contributed by atoms with Gasteiger partial charge in [-0.05, 0) is 74.2 Å². The number of nitrogens with one attached hydrogen (secondary N) is 1. The van der Waals surface area contributed by atoms with Crippen LogP contribution in [0.1, 0.15) is 31.9 Å². The number of hydrogen-bond donors (Lipinski definition) is 1. The van der Waals surface area contributed by atoms with Gasteiger partial charge in [-0.25, -0.2) is 4.79 Å². The van der Waals surface area contributed by atoms with Crippen LogP contribution in [0.5, 0.6) is 5.75 Å². The van der Waals surface area contributed by atoms with Crippen molar-refractivity contribution in [1.82, 2.24) is 4.90 Å². The lowest BCUT2D eigenvalue weighted by Gasteiger charge is -2.27. The van der Waals surface area contributed by atoms with E-state index in [4.69, 9.17) is 9.47 Å². The molecule has 4 aromatic carbocycles. The Hall–Kier alpha value is -4.25. The van der Waals surface area contributed by atoms with Crippen molar-refractivity contribution in [2.24, 2.45) is 0 Å². The molecule has 0 radical (unpaired) electrons. The molecule has 0 atom stereocenters. The largest absolute Gasteiger partial charge is 0.496 e. The second-order valence-electron chi connectivity index (χ2n) is 10.2. The van der Waals surface area contributed by atoms with Gasteiger partial charge in [0, 0.05) is 30.0 Å². The maximum Gasteiger partial charge on any atom is 0.410 e. The first-order valence-corrected chi connectivity index (χ1v) is 12.9. The zero-order valence-corrected chi connectivity index (χ0v) is 22.6. The molecule has 4 aromatic rings. The van der Waals surface area contributed by atoms with Crippen molar-refractivity contribution in [3.8, 4) is 16.9 Å². The van der Waals surface area contributed by atoms with E-state index in [2.05, 4.69) is 47.8 Å². The van der Waals surface area contributed by atoms with E-state index in [-0.39, 0.29) is 6.09 Å². The lowest BCUT2D eigenvalue weighted by atomic mass is 10.0. The zero-order chi connectivity index (χ0) is 27.0. The van der Waals surface area contributed by atoms with E-state index in [0.717, 1.165) is 45.8 Å². The molecule has 0 aliphatic carbocycles. The molecule has 0 aliphatic heterocycles. The summed E-state index contributed by atoms with van der Waals surface area (Å²) < 4.78 is 11.3. The number of methoxy groups -OCH3 is 1. The van der Waals surface area contributed by atoms with Crippen LogP contribution in [-0.2, 0) is 17.7 Å². The molecule has 1 N–H and O–H groups in total. The van der Waals surface area contributed by atoms with E-state index in [1.54, 1.807) is 12.0 Å². The van der Waals surface area contributed by atoms with E-state index in [1.165, 1.54) is 0 Å². The summed E-state index contributed by atoms with van der Waals surface area (Å²) in [6.45, 7) is 6.75. The highest BCUT2D eigenvalue weighted by atomic mass is 16.6. The highest BCUT2D eigenvalue weighted by Gasteiger charge is 2.22. The van der Waals surface area contributed by atoms with Gasteiger partial charge in [0.25, 0.3) is 0 Å². The Bertz CT molecular complexity index is 1310. The zero-order valence-electron chi connectivity index (χ0n) is 22.6. The van der Waals surface area contributed by atoms with Gasteiger partial charge in [0.15, 0.2) is 0 Å². The predicted molar refractivity (Wildman–Crippen MR) is 155 cm³/mol. The minimum absolute atomic E-state index is 0.298. The molecule has 0 saturated heterocycles. The fourth-order valence-corrected chi connectivity index (χ4v) is 4.18. The Labute approximate surface area is 226 Å². The van der Waals surface area contributed by atoms with Gasteiger partial charge in [-0.2, -0.15) is 0 Å². The van der Waals surface area contributed by atoms with E-state index < -0.39 is 5.60 Å². The van der Waals surface area contributed by atoms with Crippen molar-refractivity contribution in [3.05, 3.63) is 114 Å². The molecule has 5 nitrogen and oxygen atoms in total. The summed E-state index contributed by atoms with van der Waals surface area (Å²) in [6, 6.07) is 34.6. The Morgan fingerprint density at radius 3 is 2.05 bits per heavy atom. The van der Waals surface area contributed by atoms with Crippen LogP contribution in [0, 0.1) is 0 Å². The van der Waals surface area contributed by atoms with Crippen LogP contribution in [0.15, 0.2) is 103 Å². The van der Waals surface area contributed by atoms with Crippen LogP contribution in [0.4, 0.5) is 16.2 Å². The molecule has 38 heavy (non-hydrogen) atoms. The number of amides is 1. The predicted octanol–water partition coefficient (Wildman–Crippen LogP) is 8.09. The highest BCUT2D eigenvalue weighted by Crippen LogP contribution is 2.33. The maximum absolute atomic E-state index is 12.9. The molecule has 0 spiro atoms. The van der Waals surface area contributed by atoms with Gasteiger partial charge in [-0.15, -0.1) is 0 Å². The third-order valence-corrected chi connectivity index (χ3v) is 6.07. The minimum atomic E-state index is -0.541. The summed E-state index contributed by atoms with van der Waals surface area (Å²) in [5, 5.41) is 3.49. The summed E-state index contributed by atoms with van der Waals surface area (Å²) in [5.41, 5.74) is 5.80. The Kier molecular flexibility index (Phi) is 8.70. The quantitative estimate of drug-likeness (QED) is 0.248. The summed E-state index contributed by atoms with van der Waals surface area (Å²) in [7, 11) is 1.69. The number of rotatable bonds is 9. The number of carbonyl (C=O) groups is 1. The van der Waals surface area contributed by atoms with Gasteiger partial charge in [0.05, 0.1) is 7.11 Å². The van der Waals surface area contributed by atoms with Crippen molar-refractivity contribution in [1.29, 1.82) is 0 Å². The molecule has 5 heteroatoms.